The molecule has 0 saturated carbocycles. The third-order valence-electron chi connectivity index (χ3n) is 2.22. The minimum absolute atomic E-state index is 0.179. The van der Waals surface area contributed by atoms with E-state index < -0.39 is 0 Å². The number of hydrogen-bond acceptors (Lipinski definition) is 3. The van der Waals surface area contributed by atoms with E-state index in [1.165, 1.54) is 0 Å². The molecule has 0 amide bonds. The van der Waals surface area contributed by atoms with Gasteiger partial charge >= 0.3 is 5.97 Å². The molecule has 0 aromatic heterocycles. The lowest BCUT2D eigenvalue weighted by molar-refractivity contribution is -0.154. The summed E-state index contributed by atoms with van der Waals surface area (Å²) in [5.74, 6) is -0.192. The second kappa shape index (κ2) is 5.51. The van der Waals surface area contributed by atoms with Crippen LogP contribution in [0.15, 0.2) is 30.3 Å². The smallest absolute Gasteiger partial charge is 0.311 e. The molecule has 0 saturated heterocycles. The summed E-state index contributed by atoms with van der Waals surface area (Å²) >= 11 is 0. The largest absolute Gasteiger partial charge is 0.446 e. The van der Waals surface area contributed by atoms with Gasteiger partial charge in [-0.05, 0) is 26.6 Å². The molecule has 15 heavy (non-hydrogen) atoms. The third-order valence-corrected chi connectivity index (χ3v) is 2.22. The Morgan fingerprint density at radius 2 is 1.93 bits per heavy atom. The number of esters is 1. The standard InChI is InChI=1S/C12H17NO2/c1-10(13(2)3)15-12(14)9-11-7-5-4-6-8-11/h4-8,10H,9H2,1-3H3. The van der Waals surface area contributed by atoms with Crippen molar-refractivity contribution >= 4 is 5.97 Å². The first-order chi connectivity index (χ1) is 7.09. The van der Waals surface area contributed by atoms with E-state index in [4.69, 9.17) is 4.74 Å². The number of rotatable bonds is 4. The van der Waals surface area contributed by atoms with Crippen molar-refractivity contribution < 1.29 is 9.53 Å². The van der Waals surface area contributed by atoms with Gasteiger partial charge < -0.3 is 4.74 Å². The lowest BCUT2D eigenvalue weighted by Gasteiger charge is -2.19. The van der Waals surface area contributed by atoms with E-state index in [2.05, 4.69) is 0 Å². The van der Waals surface area contributed by atoms with Crippen molar-refractivity contribution in [1.29, 1.82) is 0 Å². The molecule has 1 aromatic rings. The normalized spacial score (nSPS) is 12.5. The molecule has 0 aliphatic carbocycles. The predicted octanol–water partition coefficient (Wildman–Crippen LogP) is 1.68. The molecule has 3 heteroatoms. The van der Waals surface area contributed by atoms with Crippen molar-refractivity contribution in [2.24, 2.45) is 0 Å². The van der Waals surface area contributed by atoms with E-state index in [1.807, 2.05) is 56.3 Å². The Labute approximate surface area is 90.7 Å². The number of benzene rings is 1. The minimum Gasteiger partial charge on any atom is -0.446 e. The zero-order chi connectivity index (χ0) is 11.3. The molecule has 1 unspecified atom stereocenters. The fourth-order valence-electron chi connectivity index (χ4n) is 1.10. The van der Waals surface area contributed by atoms with Crippen LogP contribution in [0.5, 0.6) is 0 Å². The van der Waals surface area contributed by atoms with Gasteiger partial charge in [0.15, 0.2) is 6.23 Å². The maximum atomic E-state index is 11.5. The summed E-state index contributed by atoms with van der Waals surface area (Å²) in [5.41, 5.74) is 0.980. The first-order valence-electron chi connectivity index (χ1n) is 4.99. The van der Waals surface area contributed by atoms with Gasteiger partial charge in [-0.1, -0.05) is 30.3 Å². The van der Waals surface area contributed by atoms with Crippen LogP contribution in [0, 0.1) is 0 Å². The zero-order valence-corrected chi connectivity index (χ0v) is 9.43. The van der Waals surface area contributed by atoms with E-state index in [1.54, 1.807) is 0 Å². The summed E-state index contributed by atoms with van der Waals surface area (Å²) in [6, 6.07) is 9.59. The number of carbonyl (C=O) groups is 1. The lowest BCUT2D eigenvalue weighted by Crippen LogP contribution is -2.30. The Morgan fingerprint density at radius 3 is 2.47 bits per heavy atom. The molecule has 0 aliphatic rings. The van der Waals surface area contributed by atoms with E-state index in [0.717, 1.165) is 5.56 Å². The molecule has 0 spiro atoms. The van der Waals surface area contributed by atoms with Crippen molar-refractivity contribution in [3.8, 4) is 0 Å². The average molecular weight is 207 g/mol. The molecule has 0 radical (unpaired) electrons. The highest BCUT2D eigenvalue weighted by atomic mass is 16.6. The maximum absolute atomic E-state index is 11.5. The fourth-order valence-corrected chi connectivity index (χ4v) is 1.10. The van der Waals surface area contributed by atoms with E-state index in [0.29, 0.717) is 6.42 Å². The predicted molar refractivity (Wildman–Crippen MR) is 59.4 cm³/mol. The van der Waals surface area contributed by atoms with Crippen molar-refractivity contribution in [1.82, 2.24) is 4.90 Å². The quantitative estimate of drug-likeness (QED) is 0.555. The number of ether oxygens (including phenoxy) is 1. The zero-order valence-electron chi connectivity index (χ0n) is 9.43. The highest BCUT2D eigenvalue weighted by Crippen LogP contribution is 2.03. The van der Waals surface area contributed by atoms with Crippen LogP contribution in [0.4, 0.5) is 0 Å². The summed E-state index contributed by atoms with van der Waals surface area (Å²) in [6.07, 6.45) is 0.153. The van der Waals surface area contributed by atoms with Crippen LogP contribution in [-0.4, -0.2) is 31.2 Å². The lowest BCUT2D eigenvalue weighted by atomic mass is 10.2. The molecule has 0 N–H and O–H groups in total. The molecule has 0 aliphatic heterocycles. The second-order valence-electron chi connectivity index (χ2n) is 3.72. The summed E-state index contributed by atoms with van der Waals surface area (Å²) in [7, 11) is 3.75. The van der Waals surface area contributed by atoms with Crippen molar-refractivity contribution in [2.75, 3.05) is 14.1 Å². The SMILES string of the molecule is CC(OC(=O)Cc1ccccc1)N(C)C. The summed E-state index contributed by atoms with van der Waals surface area (Å²) in [5, 5.41) is 0. The first kappa shape index (κ1) is 11.7. The third kappa shape index (κ3) is 4.13. The van der Waals surface area contributed by atoms with Gasteiger partial charge in [-0.2, -0.15) is 0 Å². The van der Waals surface area contributed by atoms with Crippen LogP contribution in [0.1, 0.15) is 12.5 Å². The van der Waals surface area contributed by atoms with Gasteiger partial charge in [0.05, 0.1) is 6.42 Å². The van der Waals surface area contributed by atoms with Crippen molar-refractivity contribution in [3.05, 3.63) is 35.9 Å². The Hall–Kier alpha value is -1.35. The molecular weight excluding hydrogens is 190 g/mol. The molecule has 0 fully saturated rings. The maximum Gasteiger partial charge on any atom is 0.311 e. The molecule has 0 heterocycles. The van der Waals surface area contributed by atoms with Gasteiger partial charge in [-0.15, -0.1) is 0 Å². The summed E-state index contributed by atoms with van der Waals surface area (Å²) in [4.78, 5) is 13.3. The fraction of sp³-hybridized carbons (Fsp3) is 0.417. The molecule has 82 valence electrons. The highest BCUT2D eigenvalue weighted by Gasteiger charge is 2.11. The van der Waals surface area contributed by atoms with Crippen molar-refractivity contribution in [3.63, 3.8) is 0 Å². The van der Waals surface area contributed by atoms with Crippen molar-refractivity contribution in [2.45, 2.75) is 19.6 Å². The topological polar surface area (TPSA) is 29.5 Å². The van der Waals surface area contributed by atoms with Crippen LogP contribution in [0.25, 0.3) is 0 Å². The van der Waals surface area contributed by atoms with Gasteiger partial charge in [-0.25, -0.2) is 0 Å². The van der Waals surface area contributed by atoms with Gasteiger partial charge in [0.1, 0.15) is 0 Å². The first-order valence-corrected chi connectivity index (χ1v) is 4.99. The second-order valence-corrected chi connectivity index (χ2v) is 3.72. The van der Waals surface area contributed by atoms with Gasteiger partial charge in [0.25, 0.3) is 0 Å². The Balaban J connectivity index is 2.43. The molecule has 3 nitrogen and oxygen atoms in total. The minimum atomic E-state index is -0.192. The van der Waals surface area contributed by atoms with E-state index in [-0.39, 0.29) is 12.2 Å². The number of carbonyl (C=O) groups excluding carboxylic acids is 1. The van der Waals surface area contributed by atoms with E-state index >= 15 is 0 Å². The van der Waals surface area contributed by atoms with Gasteiger partial charge in [0.2, 0.25) is 0 Å². The van der Waals surface area contributed by atoms with Crippen LogP contribution >= 0.6 is 0 Å². The van der Waals surface area contributed by atoms with E-state index in [9.17, 15) is 4.79 Å². The average Bonchev–Trinajstić information content (AvgIpc) is 2.18. The van der Waals surface area contributed by atoms with Crippen LogP contribution in [0.3, 0.4) is 0 Å². The van der Waals surface area contributed by atoms with Gasteiger partial charge in [-0.3, -0.25) is 9.69 Å². The Bertz CT molecular complexity index is 309. The summed E-state index contributed by atoms with van der Waals surface area (Å²) in [6.45, 7) is 1.85. The molecule has 0 bridgehead atoms. The number of hydrogen-bond donors (Lipinski definition) is 0. The molecule has 1 atom stereocenters. The molecular formula is C12H17NO2. The summed E-state index contributed by atoms with van der Waals surface area (Å²) < 4.78 is 5.20. The Morgan fingerprint density at radius 1 is 1.33 bits per heavy atom. The van der Waals surface area contributed by atoms with Gasteiger partial charge in [0, 0.05) is 0 Å². The highest BCUT2D eigenvalue weighted by molar-refractivity contribution is 5.72. The molecule has 1 aromatic carbocycles. The van der Waals surface area contributed by atoms with Crippen LogP contribution in [0.2, 0.25) is 0 Å². The molecule has 1 rings (SSSR count). The number of nitrogens with zero attached hydrogens (tertiary/aromatic N) is 1. The van der Waals surface area contributed by atoms with Crippen LogP contribution < -0.4 is 0 Å². The Kier molecular flexibility index (Phi) is 4.31. The monoisotopic (exact) mass is 207 g/mol. The van der Waals surface area contributed by atoms with Crippen LogP contribution in [-0.2, 0) is 16.0 Å².